The summed E-state index contributed by atoms with van der Waals surface area (Å²) in [5.41, 5.74) is 4.21. The molecule has 2 aromatic carbocycles. The third kappa shape index (κ3) is 3.26. The van der Waals surface area contributed by atoms with Gasteiger partial charge in [-0.1, -0.05) is 30.4 Å². The van der Waals surface area contributed by atoms with Crippen molar-refractivity contribution in [3.8, 4) is 0 Å². The Balaban J connectivity index is 1.28. The molecule has 4 aliphatic rings. The summed E-state index contributed by atoms with van der Waals surface area (Å²) in [6.45, 7) is 1.59. The van der Waals surface area contributed by atoms with E-state index in [1.54, 1.807) is 0 Å². The summed E-state index contributed by atoms with van der Waals surface area (Å²) in [6, 6.07) is 9.24. The molecule has 172 valence electrons. The molecule has 2 aliphatic heterocycles. The van der Waals surface area contributed by atoms with Crippen LogP contribution in [0.25, 0.3) is 0 Å². The van der Waals surface area contributed by atoms with Crippen molar-refractivity contribution in [1.29, 1.82) is 0 Å². The molecule has 0 radical (unpaired) electrons. The first-order chi connectivity index (χ1) is 16.5. The van der Waals surface area contributed by atoms with E-state index < -0.39 is 23.3 Å². The van der Waals surface area contributed by atoms with Gasteiger partial charge in [-0.2, -0.15) is 0 Å². The number of ether oxygens (including phenoxy) is 1. The fourth-order valence-corrected chi connectivity index (χ4v) is 6.12. The number of hydrogen-bond donors (Lipinski definition) is 0. The lowest BCUT2D eigenvalue weighted by molar-refractivity contribution is -0.384. The summed E-state index contributed by atoms with van der Waals surface area (Å²) < 4.78 is 5.47. The van der Waals surface area contributed by atoms with Crippen molar-refractivity contribution in [2.24, 2.45) is 11.8 Å². The molecular formula is C27H24N2O5. The molecule has 0 unspecified atom stereocenters. The number of allylic oxidation sites excluding steroid dienone is 4. The maximum atomic E-state index is 13.2. The van der Waals surface area contributed by atoms with Crippen LogP contribution in [0.3, 0.4) is 0 Å². The summed E-state index contributed by atoms with van der Waals surface area (Å²) in [5.74, 6) is 0.708. The van der Waals surface area contributed by atoms with E-state index in [0.717, 1.165) is 31.5 Å². The molecule has 6 rings (SSSR count). The van der Waals surface area contributed by atoms with Gasteiger partial charge in [-0.3, -0.25) is 14.9 Å². The SMILES string of the molecule is O=C(COC(=O)c1ccc2c3c1[C@@H]1C=CC[C@H]1CN3C[C@H]1CC=C[C@H]21)c1ccc([N+](=O)[O-])cc1. The second-order valence-electron chi connectivity index (χ2n) is 9.57. The number of nitrogens with zero attached hydrogens (tertiary/aromatic N) is 2. The lowest BCUT2D eigenvalue weighted by Gasteiger charge is -2.46. The molecule has 0 bridgehead atoms. The van der Waals surface area contributed by atoms with E-state index >= 15 is 0 Å². The highest BCUT2D eigenvalue weighted by Gasteiger charge is 2.44. The van der Waals surface area contributed by atoms with Crippen molar-refractivity contribution in [2.45, 2.75) is 24.7 Å². The Hall–Kier alpha value is -3.74. The fraction of sp³-hybridized carbons (Fsp3) is 0.333. The number of fused-ring (bicyclic) bond motifs is 4. The number of ketones is 1. The van der Waals surface area contributed by atoms with Gasteiger partial charge in [0.25, 0.3) is 5.69 Å². The van der Waals surface area contributed by atoms with Crippen molar-refractivity contribution in [3.63, 3.8) is 0 Å². The van der Waals surface area contributed by atoms with Crippen LogP contribution in [-0.2, 0) is 4.74 Å². The summed E-state index contributed by atoms with van der Waals surface area (Å²) in [7, 11) is 0. The smallest absolute Gasteiger partial charge is 0.338 e. The number of rotatable bonds is 5. The average molecular weight is 456 g/mol. The molecule has 0 saturated heterocycles. The molecule has 0 fully saturated rings. The molecule has 2 aliphatic carbocycles. The number of esters is 1. The maximum absolute atomic E-state index is 13.2. The quantitative estimate of drug-likeness (QED) is 0.211. The first kappa shape index (κ1) is 20.8. The average Bonchev–Trinajstić information content (AvgIpc) is 3.52. The van der Waals surface area contributed by atoms with Gasteiger partial charge in [-0.15, -0.1) is 0 Å². The maximum Gasteiger partial charge on any atom is 0.338 e. The zero-order valence-electron chi connectivity index (χ0n) is 18.6. The highest BCUT2D eigenvalue weighted by atomic mass is 16.6. The number of anilines is 1. The lowest BCUT2D eigenvalue weighted by Crippen LogP contribution is -2.44. The van der Waals surface area contributed by atoms with Crippen LogP contribution in [0.2, 0.25) is 0 Å². The van der Waals surface area contributed by atoms with Gasteiger partial charge < -0.3 is 9.64 Å². The molecule has 0 N–H and O–H groups in total. The Kier molecular flexibility index (Phi) is 4.86. The molecule has 0 amide bonds. The molecular weight excluding hydrogens is 432 g/mol. The highest BCUT2D eigenvalue weighted by Crippen LogP contribution is 2.53. The first-order valence-corrected chi connectivity index (χ1v) is 11.7. The van der Waals surface area contributed by atoms with Gasteiger partial charge in [0.1, 0.15) is 0 Å². The topological polar surface area (TPSA) is 89.8 Å². The van der Waals surface area contributed by atoms with Gasteiger partial charge >= 0.3 is 5.97 Å². The predicted molar refractivity (Wildman–Crippen MR) is 126 cm³/mol. The molecule has 7 nitrogen and oxygen atoms in total. The summed E-state index contributed by atoms with van der Waals surface area (Å²) in [4.78, 5) is 38.5. The van der Waals surface area contributed by atoms with Gasteiger partial charge in [0.05, 0.1) is 10.5 Å². The minimum absolute atomic E-state index is 0.0928. The fourth-order valence-electron chi connectivity index (χ4n) is 6.12. The van der Waals surface area contributed by atoms with Crippen molar-refractivity contribution in [3.05, 3.63) is 93.1 Å². The Morgan fingerprint density at radius 2 is 1.65 bits per heavy atom. The van der Waals surface area contributed by atoms with Crippen LogP contribution < -0.4 is 4.90 Å². The number of Topliss-reactive ketones (excluding diaryl/α,β-unsaturated/α-hetero) is 1. The van der Waals surface area contributed by atoms with Gasteiger partial charge in [0.15, 0.2) is 12.4 Å². The van der Waals surface area contributed by atoms with Gasteiger partial charge in [-0.05, 0) is 54.0 Å². The van der Waals surface area contributed by atoms with Crippen LogP contribution in [-0.4, -0.2) is 36.4 Å². The molecule has 7 heteroatoms. The van der Waals surface area contributed by atoms with Crippen LogP contribution in [0.4, 0.5) is 11.4 Å². The summed E-state index contributed by atoms with van der Waals surface area (Å²) in [5, 5.41) is 10.8. The lowest BCUT2D eigenvalue weighted by atomic mass is 9.73. The van der Waals surface area contributed by atoms with E-state index in [0.29, 0.717) is 23.3 Å². The minimum atomic E-state index is -0.520. The van der Waals surface area contributed by atoms with E-state index in [9.17, 15) is 19.7 Å². The van der Waals surface area contributed by atoms with Crippen molar-refractivity contribution >= 4 is 23.1 Å². The zero-order valence-corrected chi connectivity index (χ0v) is 18.6. The molecule has 2 heterocycles. The first-order valence-electron chi connectivity index (χ1n) is 11.7. The van der Waals surface area contributed by atoms with E-state index in [1.807, 2.05) is 6.07 Å². The Morgan fingerprint density at radius 3 is 2.35 bits per heavy atom. The van der Waals surface area contributed by atoms with Crippen LogP contribution in [0.15, 0.2) is 60.7 Å². The van der Waals surface area contributed by atoms with Crippen molar-refractivity contribution in [1.82, 2.24) is 0 Å². The molecule has 0 saturated carbocycles. The van der Waals surface area contributed by atoms with E-state index in [4.69, 9.17) is 4.74 Å². The molecule has 0 spiro atoms. The second kappa shape index (κ2) is 7.94. The molecule has 4 atom stereocenters. The van der Waals surface area contributed by atoms with E-state index in [-0.39, 0.29) is 17.2 Å². The number of hydrogen-bond acceptors (Lipinski definition) is 6. The summed E-state index contributed by atoms with van der Waals surface area (Å²) in [6.07, 6.45) is 11.1. The number of non-ortho nitro benzene ring substituents is 1. The Bertz CT molecular complexity index is 1260. The van der Waals surface area contributed by atoms with E-state index in [2.05, 4.69) is 35.3 Å². The number of nitro groups is 1. The van der Waals surface area contributed by atoms with Crippen LogP contribution in [0, 0.1) is 22.0 Å². The minimum Gasteiger partial charge on any atom is -0.454 e. The molecule has 0 aromatic heterocycles. The third-order valence-corrected chi connectivity index (χ3v) is 7.70. The monoisotopic (exact) mass is 456 g/mol. The number of carbonyl (C=O) groups is 2. The highest BCUT2D eigenvalue weighted by molar-refractivity contribution is 6.00. The van der Waals surface area contributed by atoms with Crippen molar-refractivity contribution in [2.75, 3.05) is 24.6 Å². The van der Waals surface area contributed by atoms with Gasteiger partial charge in [-0.25, -0.2) is 4.79 Å². The number of carbonyl (C=O) groups excluding carboxylic acids is 2. The molecule has 34 heavy (non-hydrogen) atoms. The van der Waals surface area contributed by atoms with Gasteiger partial charge in [0.2, 0.25) is 0 Å². The van der Waals surface area contributed by atoms with Crippen LogP contribution >= 0.6 is 0 Å². The standard InChI is InChI=1S/C27H24N2O5/c30-24(16-7-9-19(10-8-16)29(32)33)15-34-27(31)23-12-11-22-20-5-1-3-17(20)13-28-14-18-4-2-6-21(18)25(23)26(22)28/h1-2,5-12,17-18,20-21H,3-4,13-15H2/t17-,18+,20+,21-/m1/s1. The second-order valence-corrected chi connectivity index (χ2v) is 9.57. The number of nitro benzene ring substituents is 1. The van der Waals surface area contributed by atoms with Crippen molar-refractivity contribution < 1.29 is 19.2 Å². The Labute approximate surface area is 196 Å². The normalized spacial score (nSPS) is 25.5. The largest absolute Gasteiger partial charge is 0.454 e. The van der Waals surface area contributed by atoms with Crippen LogP contribution in [0.1, 0.15) is 56.5 Å². The zero-order chi connectivity index (χ0) is 23.4. The predicted octanol–water partition coefficient (Wildman–Crippen LogP) is 4.79. The molecule has 2 aromatic rings. The van der Waals surface area contributed by atoms with Gasteiger partial charge in [0, 0.05) is 48.3 Å². The Morgan fingerprint density at radius 1 is 0.971 bits per heavy atom. The van der Waals surface area contributed by atoms with E-state index in [1.165, 1.54) is 35.5 Å². The third-order valence-electron chi connectivity index (χ3n) is 7.70. The number of benzene rings is 2. The summed E-state index contributed by atoms with van der Waals surface area (Å²) >= 11 is 0. The van der Waals surface area contributed by atoms with Crippen LogP contribution in [0.5, 0.6) is 0 Å².